The largest absolute Gasteiger partial charge is 0.382 e. The van der Waals surface area contributed by atoms with Gasteiger partial charge in [-0.3, -0.25) is 4.79 Å². The van der Waals surface area contributed by atoms with Crippen molar-refractivity contribution in [2.75, 3.05) is 11.1 Å². The zero-order valence-electron chi connectivity index (χ0n) is 14.0. The predicted molar refractivity (Wildman–Crippen MR) is 93.8 cm³/mol. The molecule has 2 aromatic carbocycles. The predicted octanol–water partition coefficient (Wildman–Crippen LogP) is 2.92. The summed E-state index contributed by atoms with van der Waals surface area (Å²) in [5.74, 6) is -0.667. The number of aromatic nitrogens is 3. The first-order valence-electron chi connectivity index (χ1n) is 7.76. The molecule has 0 radical (unpaired) electrons. The number of nitrogens with two attached hydrogens (primary N) is 1. The molecule has 0 atom stereocenters. The van der Waals surface area contributed by atoms with Crippen molar-refractivity contribution in [3.8, 4) is 0 Å². The summed E-state index contributed by atoms with van der Waals surface area (Å²) >= 11 is 0. The third-order valence-corrected chi connectivity index (χ3v) is 3.88. The van der Waals surface area contributed by atoms with E-state index in [9.17, 15) is 9.18 Å². The number of carbonyl (C=O) groups excluding carboxylic acids is 1. The number of benzene rings is 2. The second-order valence-electron chi connectivity index (χ2n) is 5.88. The Labute approximate surface area is 144 Å². The Morgan fingerprint density at radius 1 is 1.20 bits per heavy atom. The van der Waals surface area contributed by atoms with Crippen LogP contribution < -0.4 is 11.1 Å². The standard InChI is InChI=1S/C18H18FN5O/c1-11-3-5-13(6-4-11)10-24-17(20)16(22-23-24)18(25)21-15-8-7-14(19)9-12(15)2/h3-9H,10,20H2,1-2H3,(H,21,25). The summed E-state index contributed by atoms with van der Waals surface area (Å²) in [5, 5.41) is 10.5. The van der Waals surface area contributed by atoms with Gasteiger partial charge in [-0.05, 0) is 43.2 Å². The van der Waals surface area contributed by atoms with Crippen LogP contribution in [0, 0.1) is 19.7 Å². The van der Waals surface area contributed by atoms with Crippen LogP contribution >= 0.6 is 0 Å². The smallest absolute Gasteiger partial charge is 0.280 e. The Morgan fingerprint density at radius 3 is 2.60 bits per heavy atom. The van der Waals surface area contributed by atoms with Crippen LogP contribution in [0.2, 0.25) is 0 Å². The number of hydrogen-bond acceptors (Lipinski definition) is 4. The number of carbonyl (C=O) groups is 1. The number of amides is 1. The average molecular weight is 339 g/mol. The van der Waals surface area contributed by atoms with Gasteiger partial charge in [0.25, 0.3) is 5.91 Å². The summed E-state index contributed by atoms with van der Waals surface area (Å²) in [5.41, 5.74) is 9.32. The van der Waals surface area contributed by atoms with Crippen molar-refractivity contribution in [2.24, 2.45) is 0 Å². The van der Waals surface area contributed by atoms with Crippen LogP contribution in [0.25, 0.3) is 0 Å². The molecule has 25 heavy (non-hydrogen) atoms. The Kier molecular flexibility index (Phi) is 4.47. The lowest BCUT2D eigenvalue weighted by Gasteiger charge is -2.08. The maximum absolute atomic E-state index is 13.1. The Balaban J connectivity index is 1.77. The van der Waals surface area contributed by atoms with Gasteiger partial charge < -0.3 is 11.1 Å². The molecule has 0 spiro atoms. The Hall–Kier alpha value is -3.22. The monoisotopic (exact) mass is 339 g/mol. The molecule has 7 heteroatoms. The maximum Gasteiger partial charge on any atom is 0.280 e. The molecule has 0 aliphatic rings. The van der Waals surface area contributed by atoms with Crippen molar-refractivity contribution in [2.45, 2.75) is 20.4 Å². The number of anilines is 2. The lowest BCUT2D eigenvalue weighted by atomic mass is 10.1. The topological polar surface area (TPSA) is 85.8 Å². The number of nitrogens with one attached hydrogen (secondary N) is 1. The van der Waals surface area contributed by atoms with Crippen LogP contribution in [0.3, 0.4) is 0 Å². The second-order valence-corrected chi connectivity index (χ2v) is 5.88. The third kappa shape index (κ3) is 3.65. The van der Waals surface area contributed by atoms with Gasteiger partial charge in [0, 0.05) is 5.69 Å². The summed E-state index contributed by atoms with van der Waals surface area (Å²) in [7, 11) is 0. The summed E-state index contributed by atoms with van der Waals surface area (Å²) in [6.45, 7) is 4.13. The van der Waals surface area contributed by atoms with Crippen LogP contribution in [0.5, 0.6) is 0 Å². The van der Waals surface area contributed by atoms with Gasteiger partial charge in [-0.2, -0.15) is 0 Å². The lowest BCUT2D eigenvalue weighted by Crippen LogP contribution is -2.16. The molecule has 0 unspecified atom stereocenters. The fourth-order valence-corrected chi connectivity index (χ4v) is 2.41. The summed E-state index contributed by atoms with van der Waals surface area (Å²) in [6.07, 6.45) is 0. The molecule has 0 aliphatic heterocycles. The van der Waals surface area contributed by atoms with E-state index < -0.39 is 5.91 Å². The highest BCUT2D eigenvalue weighted by Gasteiger charge is 2.18. The quantitative estimate of drug-likeness (QED) is 0.765. The van der Waals surface area contributed by atoms with Gasteiger partial charge >= 0.3 is 0 Å². The van der Waals surface area contributed by atoms with Gasteiger partial charge in [0.1, 0.15) is 5.82 Å². The number of rotatable bonds is 4. The average Bonchev–Trinajstić information content (AvgIpc) is 2.93. The van der Waals surface area contributed by atoms with Crippen molar-refractivity contribution in [3.63, 3.8) is 0 Å². The minimum absolute atomic E-state index is 0.0378. The molecule has 3 aromatic rings. The number of aryl methyl sites for hydroxylation is 2. The highest BCUT2D eigenvalue weighted by Crippen LogP contribution is 2.18. The van der Waals surface area contributed by atoms with E-state index in [2.05, 4.69) is 15.6 Å². The van der Waals surface area contributed by atoms with E-state index in [1.165, 1.54) is 22.9 Å². The zero-order chi connectivity index (χ0) is 18.0. The molecule has 1 heterocycles. The van der Waals surface area contributed by atoms with Gasteiger partial charge in [0.05, 0.1) is 6.54 Å². The SMILES string of the molecule is Cc1ccc(Cn2nnc(C(=O)Nc3ccc(F)cc3C)c2N)cc1. The van der Waals surface area contributed by atoms with E-state index in [0.717, 1.165) is 11.1 Å². The number of nitrogen functional groups attached to an aromatic ring is 1. The Morgan fingerprint density at radius 2 is 1.92 bits per heavy atom. The molecule has 0 saturated heterocycles. The Bertz CT molecular complexity index is 918. The highest BCUT2D eigenvalue weighted by molar-refractivity contribution is 6.06. The van der Waals surface area contributed by atoms with Crippen LogP contribution in [-0.2, 0) is 6.54 Å². The molecule has 0 saturated carbocycles. The fourth-order valence-electron chi connectivity index (χ4n) is 2.41. The first kappa shape index (κ1) is 16.6. The maximum atomic E-state index is 13.1. The molecular formula is C18H18FN5O. The van der Waals surface area contributed by atoms with Crippen molar-refractivity contribution in [1.29, 1.82) is 0 Å². The molecule has 3 N–H and O–H groups in total. The normalized spacial score (nSPS) is 10.7. The molecule has 3 rings (SSSR count). The van der Waals surface area contributed by atoms with E-state index in [-0.39, 0.29) is 17.3 Å². The molecule has 128 valence electrons. The van der Waals surface area contributed by atoms with Gasteiger partial charge in [-0.25, -0.2) is 9.07 Å². The fraction of sp³-hybridized carbons (Fsp3) is 0.167. The van der Waals surface area contributed by atoms with Crippen LogP contribution in [0.1, 0.15) is 27.2 Å². The van der Waals surface area contributed by atoms with Gasteiger partial charge in [0.15, 0.2) is 11.5 Å². The van der Waals surface area contributed by atoms with Crippen LogP contribution in [0.4, 0.5) is 15.9 Å². The van der Waals surface area contributed by atoms with Gasteiger partial charge in [0.2, 0.25) is 0 Å². The number of hydrogen-bond donors (Lipinski definition) is 2. The van der Waals surface area contributed by atoms with E-state index >= 15 is 0 Å². The van der Waals surface area contributed by atoms with E-state index in [0.29, 0.717) is 17.8 Å². The van der Waals surface area contributed by atoms with E-state index in [1.54, 1.807) is 6.92 Å². The molecule has 0 fully saturated rings. The van der Waals surface area contributed by atoms with Crippen molar-refractivity contribution >= 4 is 17.4 Å². The highest BCUT2D eigenvalue weighted by atomic mass is 19.1. The molecule has 1 aromatic heterocycles. The molecule has 6 nitrogen and oxygen atoms in total. The van der Waals surface area contributed by atoms with Gasteiger partial charge in [-0.15, -0.1) is 5.10 Å². The molecule has 0 aliphatic carbocycles. The first-order chi connectivity index (χ1) is 11.9. The third-order valence-electron chi connectivity index (χ3n) is 3.88. The first-order valence-corrected chi connectivity index (χ1v) is 7.76. The van der Waals surface area contributed by atoms with Crippen LogP contribution in [-0.4, -0.2) is 20.9 Å². The van der Waals surface area contributed by atoms with Gasteiger partial charge in [-0.1, -0.05) is 35.0 Å². The molecule has 1 amide bonds. The number of halogens is 1. The zero-order valence-corrected chi connectivity index (χ0v) is 14.0. The summed E-state index contributed by atoms with van der Waals surface area (Å²) < 4.78 is 14.6. The molecular weight excluding hydrogens is 321 g/mol. The van der Waals surface area contributed by atoms with E-state index in [1.807, 2.05) is 31.2 Å². The van der Waals surface area contributed by atoms with Crippen LogP contribution in [0.15, 0.2) is 42.5 Å². The summed E-state index contributed by atoms with van der Waals surface area (Å²) in [6, 6.07) is 12.0. The van der Waals surface area contributed by atoms with E-state index in [4.69, 9.17) is 5.73 Å². The molecule has 0 bridgehead atoms. The minimum atomic E-state index is -0.484. The number of nitrogens with zero attached hydrogens (tertiary/aromatic N) is 3. The van der Waals surface area contributed by atoms with Crippen molar-refractivity contribution in [3.05, 3.63) is 70.7 Å². The summed E-state index contributed by atoms with van der Waals surface area (Å²) in [4.78, 5) is 12.4. The van der Waals surface area contributed by atoms with Crippen molar-refractivity contribution < 1.29 is 9.18 Å². The second kappa shape index (κ2) is 6.72. The lowest BCUT2D eigenvalue weighted by molar-refractivity contribution is 0.102. The van der Waals surface area contributed by atoms with Crippen molar-refractivity contribution in [1.82, 2.24) is 15.0 Å². The minimum Gasteiger partial charge on any atom is -0.382 e.